The summed E-state index contributed by atoms with van der Waals surface area (Å²) < 4.78 is 46.2. The molecule has 0 aliphatic rings. The highest BCUT2D eigenvalue weighted by atomic mass is 19.4. The van der Waals surface area contributed by atoms with Gasteiger partial charge in [0.2, 0.25) is 0 Å². The van der Waals surface area contributed by atoms with Crippen LogP contribution >= 0.6 is 0 Å². The summed E-state index contributed by atoms with van der Waals surface area (Å²) in [7, 11) is 0. The van der Waals surface area contributed by atoms with E-state index in [0.717, 1.165) is 33.7 Å². The largest absolute Gasteiger partial charge is 0.416 e. The third kappa shape index (κ3) is 5.09. The Balaban J connectivity index is 1.62. The standard InChI is InChI=1S/C43H20F3N7/c1-24-14-26(17-27(15-24)43(44,45)46)35-21-41(53-39-19-29(49-3)8-12-33(39)34-13-9-30(50-4)20-40(34)53)42(22-36(35)51-5)52-37-16-25(23-47)6-10-31(37)32-11-7-28(48-2)18-38(32)52/h6-22H,1H3. The number of benzene rings is 6. The summed E-state index contributed by atoms with van der Waals surface area (Å²) in [6.07, 6.45) is -4.64. The fraction of sp³-hybridized carbons (Fsp3) is 0.0465. The summed E-state index contributed by atoms with van der Waals surface area (Å²) in [4.78, 5) is 14.8. The quantitative estimate of drug-likeness (QED) is 0.170. The lowest BCUT2D eigenvalue weighted by molar-refractivity contribution is -0.137. The maximum Gasteiger partial charge on any atom is 0.416 e. The molecule has 2 heterocycles. The highest BCUT2D eigenvalue weighted by molar-refractivity contribution is 6.13. The minimum Gasteiger partial charge on any atom is -0.310 e. The molecule has 0 spiro atoms. The molecule has 0 saturated carbocycles. The predicted octanol–water partition coefficient (Wildman–Crippen LogP) is 12.9. The Morgan fingerprint density at radius 2 is 1.04 bits per heavy atom. The zero-order chi connectivity index (χ0) is 37.2. The molecule has 0 unspecified atom stereocenters. The van der Waals surface area contributed by atoms with Gasteiger partial charge in [-0.3, -0.25) is 0 Å². The van der Waals surface area contributed by atoms with Gasteiger partial charge in [0, 0.05) is 38.1 Å². The Kier molecular flexibility index (Phi) is 7.26. The second-order valence-corrected chi connectivity index (χ2v) is 12.5. The number of rotatable bonds is 3. The summed E-state index contributed by atoms with van der Waals surface area (Å²) in [5, 5.41) is 13.0. The molecule has 0 atom stereocenters. The maximum atomic E-state index is 14.2. The fourth-order valence-electron chi connectivity index (χ4n) is 7.15. The molecule has 53 heavy (non-hydrogen) atoms. The molecule has 7 nitrogen and oxygen atoms in total. The number of aryl methyl sites for hydroxylation is 1. The van der Waals surface area contributed by atoms with Gasteiger partial charge in [-0.15, -0.1) is 0 Å². The highest BCUT2D eigenvalue weighted by Gasteiger charge is 2.31. The molecule has 0 N–H and O–H groups in total. The van der Waals surface area contributed by atoms with E-state index in [1.54, 1.807) is 73.7 Å². The van der Waals surface area contributed by atoms with E-state index in [-0.39, 0.29) is 16.8 Å². The summed E-state index contributed by atoms with van der Waals surface area (Å²) in [5.41, 5.74) is 4.67. The number of nitrogens with zero attached hydrogens (tertiary/aromatic N) is 7. The lowest BCUT2D eigenvalue weighted by atomic mass is 9.97. The number of fused-ring (bicyclic) bond motifs is 6. The van der Waals surface area contributed by atoms with Crippen LogP contribution in [0.3, 0.4) is 0 Å². The second-order valence-electron chi connectivity index (χ2n) is 12.5. The van der Waals surface area contributed by atoms with Gasteiger partial charge in [0.15, 0.2) is 22.7 Å². The first-order valence-electron chi connectivity index (χ1n) is 16.0. The first-order chi connectivity index (χ1) is 25.6. The molecular weight excluding hydrogens is 672 g/mol. The Morgan fingerprint density at radius 3 is 1.49 bits per heavy atom. The van der Waals surface area contributed by atoms with Gasteiger partial charge in [-0.2, -0.15) is 18.4 Å². The zero-order valence-electron chi connectivity index (χ0n) is 27.6. The van der Waals surface area contributed by atoms with Crippen LogP contribution in [0.1, 0.15) is 16.7 Å². The molecule has 248 valence electrons. The van der Waals surface area contributed by atoms with Crippen molar-refractivity contribution in [2.75, 3.05) is 0 Å². The normalized spacial score (nSPS) is 11.3. The SMILES string of the molecule is [C-]#[N+]c1ccc2c3ccc(C#N)cc3n(-c3cc([N+]#[C-])c(-c4cc(C)cc(C(F)(F)F)c4)cc3-n3c4cc([N+]#[C-])ccc4c4ccc([N+]#[C-])cc43)c2c1. The van der Waals surface area contributed by atoms with Crippen molar-refractivity contribution >= 4 is 66.4 Å². The molecule has 2 aromatic heterocycles. The van der Waals surface area contributed by atoms with Gasteiger partial charge in [0.05, 0.1) is 60.4 Å². The molecule has 0 saturated heterocycles. The van der Waals surface area contributed by atoms with E-state index in [0.29, 0.717) is 61.6 Å². The van der Waals surface area contributed by atoms with Crippen LogP contribution in [0.5, 0.6) is 0 Å². The Bertz CT molecular complexity index is 2980. The van der Waals surface area contributed by atoms with Gasteiger partial charge in [0.25, 0.3) is 0 Å². The van der Waals surface area contributed by atoms with Gasteiger partial charge in [-0.25, -0.2) is 19.4 Å². The maximum absolute atomic E-state index is 14.2. The molecule has 0 amide bonds. The molecule has 6 aromatic carbocycles. The minimum absolute atomic E-state index is 0.0692. The van der Waals surface area contributed by atoms with Gasteiger partial charge in [0.1, 0.15) is 0 Å². The van der Waals surface area contributed by atoms with E-state index in [1.807, 2.05) is 33.4 Å². The summed E-state index contributed by atoms with van der Waals surface area (Å²) >= 11 is 0. The molecule has 0 fully saturated rings. The predicted molar refractivity (Wildman–Crippen MR) is 200 cm³/mol. The Labute approximate surface area is 300 Å². The number of aromatic nitrogens is 2. The van der Waals surface area contributed by atoms with Crippen LogP contribution in [0, 0.1) is 44.5 Å². The lowest BCUT2D eigenvalue weighted by Gasteiger charge is -2.20. The van der Waals surface area contributed by atoms with Gasteiger partial charge in [-0.1, -0.05) is 48.5 Å². The molecule has 0 radical (unpaired) electrons. The van der Waals surface area contributed by atoms with Crippen molar-refractivity contribution in [1.82, 2.24) is 9.13 Å². The third-order valence-electron chi connectivity index (χ3n) is 9.41. The Hall–Kier alpha value is -7.84. The van der Waals surface area contributed by atoms with E-state index in [4.69, 9.17) is 26.3 Å². The van der Waals surface area contributed by atoms with E-state index < -0.39 is 11.7 Å². The summed E-state index contributed by atoms with van der Waals surface area (Å²) in [6.45, 7) is 33.2. The van der Waals surface area contributed by atoms with Crippen LogP contribution in [-0.2, 0) is 6.18 Å². The van der Waals surface area contributed by atoms with Crippen LogP contribution < -0.4 is 0 Å². The fourth-order valence-corrected chi connectivity index (χ4v) is 7.15. The Morgan fingerprint density at radius 1 is 0.566 bits per heavy atom. The van der Waals surface area contributed by atoms with Crippen LogP contribution in [0.2, 0.25) is 0 Å². The van der Waals surface area contributed by atoms with Gasteiger partial charge >= 0.3 is 6.18 Å². The van der Waals surface area contributed by atoms with Crippen molar-refractivity contribution in [3.63, 3.8) is 0 Å². The smallest absolute Gasteiger partial charge is 0.310 e. The molecule has 8 aromatic rings. The minimum atomic E-state index is -4.64. The van der Waals surface area contributed by atoms with Crippen molar-refractivity contribution in [2.24, 2.45) is 0 Å². The first-order valence-corrected chi connectivity index (χ1v) is 16.0. The topological polar surface area (TPSA) is 51.1 Å². The van der Waals surface area contributed by atoms with E-state index >= 15 is 0 Å². The van der Waals surface area contributed by atoms with Crippen molar-refractivity contribution in [1.29, 1.82) is 5.26 Å². The molecule has 0 bridgehead atoms. The average molecular weight is 692 g/mol. The zero-order valence-corrected chi connectivity index (χ0v) is 27.6. The number of nitriles is 1. The van der Waals surface area contributed by atoms with E-state index in [1.165, 1.54) is 0 Å². The van der Waals surface area contributed by atoms with E-state index in [9.17, 15) is 18.4 Å². The van der Waals surface area contributed by atoms with Crippen molar-refractivity contribution < 1.29 is 13.2 Å². The average Bonchev–Trinajstić information content (AvgIpc) is 3.67. The molecule has 8 rings (SSSR count). The van der Waals surface area contributed by atoms with Crippen molar-refractivity contribution in [3.05, 3.63) is 165 Å². The van der Waals surface area contributed by atoms with Crippen LogP contribution in [0.4, 0.5) is 35.9 Å². The van der Waals surface area contributed by atoms with Crippen LogP contribution in [0.25, 0.3) is 85.5 Å². The first kappa shape index (κ1) is 32.4. The lowest BCUT2D eigenvalue weighted by Crippen LogP contribution is -2.06. The molecular formula is C43H20F3N7. The molecule has 0 aliphatic carbocycles. The van der Waals surface area contributed by atoms with Crippen molar-refractivity contribution in [2.45, 2.75) is 13.1 Å². The van der Waals surface area contributed by atoms with Crippen LogP contribution in [-0.4, -0.2) is 9.13 Å². The second kappa shape index (κ2) is 11.9. The molecule has 0 aliphatic heterocycles. The highest BCUT2D eigenvalue weighted by Crippen LogP contribution is 2.45. The van der Waals surface area contributed by atoms with E-state index in [2.05, 4.69) is 25.4 Å². The van der Waals surface area contributed by atoms with Gasteiger partial charge < -0.3 is 9.13 Å². The third-order valence-corrected chi connectivity index (χ3v) is 9.41. The number of alkyl halides is 3. The number of halogens is 3. The monoisotopic (exact) mass is 691 g/mol. The van der Waals surface area contributed by atoms with Crippen LogP contribution in [0.15, 0.2) is 103 Å². The van der Waals surface area contributed by atoms with Gasteiger partial charge in [-0.05, 0) is 78.2 Å². The summed E-state index contributed by atoms with van der Waals surface area (Å²) in [6, 6.07) is 30.1. The van der Waals surface area contributed by atoms with Crippen molar-refractivity contribution in [3.8, 4) is 28.6 Å². The summed E-state index contributed by atoms with van der Waals surface area (Å²) in [5.74, 6) is 0. The number of hydrogen-bond acceptors (Lipinski definition) is 1. The molecule has 10 heteroatoms. The number of hydrogen-bond donors (Lipinski definition) is 0.